The summed E-state index contributed by atoms with van der Waals surface area (Å²) < 4.78 is 5.29. The Morgan fingerprint density at radius 1 is 1.54 bits per heavy atom. The highest BCUT2D eigenvalue weighted by molar-refractivity contribution is 6.29. The van der Waals surface area contributed by atoms with Crippen LogP contribution >= 0.6 is 11.6 Å². The van der Waals surface area contributed by atoms with Gasteiger partial charge in [-0.3, -0.25) is 4.79 Å². The highest BCUT2D eigenvalue weighted by atomic mass is 35.5. The van der Waals surface area contributed by atoms with Crippen LogP contribution in [-0.2, 0) is 4.79 Å². The lowest BCUT2D eigenvalue weighted by Gasteiger charge is -2.21. The van der Waals surface area contributed by atoms with Gasteiger partial charge in [-0.1, -0.05) is 32.0 Å². The molecule has 2 rings (SSSR count). The number of nitrogens with zero attached hydrogens (tertiary/aromatic N) is 2. The molecule has 1 amide bonds. The van der Waals surface area contributed by atoms with Gasteiger partial charge in [-0.25, -0.2) is 14.8 Å². The predicted octanol–water partition coefficient (Wildman–Crippen LogP) is 2.20. The number of carbonyl (C=O) groups is 2. The number of carboxylic acids is 1. The van der Waals surface area contributed by atoms with Crippen molar-refractivity contribution in [2.24, 2.45) is 10.9 Å². The third-order valence-electron chi connectivity index (χ3n) is 3.87. The first-order valence-corrected chi connectivity index (χ1v) is 7.64. The van der Waals surface area contributed by atoms with Crippen molar-refractivity contribution in [1.29, 1.82) is 0 Å². The smallest absolute Gasteiger partial charge is 0.338 e. The Labute approximate surface area is 144 Å². The number of amides is 1. The largest absolute Gasteiger partial charge is 0.486 e. The second kappa shape index (κ2) is 6.60. The number of pyridine rings is 1. The number of halogens is 1. The summed E-state index contributed by atoms with van der Waals surface area (Å²) in [5.74, 6) is -1.18. The lowest BCUT2D eigenvalue weighted by atomic mass is 9.89. The number of ether oxygens (including phenoxy) is 1. The minimum atomic E-state index is -1.21. The number of hydrogen-bond acceptors (Lipinski definition) is 5. The van der Waals surface area contributed by atoms with E-state index in [1.54, 1.807) is 6.92 Å². The summed E-state index contributed by atoms with van der Waals surface area (Å²) in [4.78, 5) is 32.2. The molecule has 1 aliphatic rings. The van der Waals surface area contributed by atoms with Crippen LogP contribution in [0.2, 0.25) is 0 Å². The van der Waals surface area contributed by atoms with Gasteiger partial charge in [-0.05, 0) is 18.9 Å². The summed E-state index contributed by atoms with van der Waals surface area (Å²) in [5, 5.41) is 12.3. The molecule has 0 radical (unpaired) electrons. The summed E-state index contributed by atoms with van der Waals surface area (Å²) in [5.41, 5.74) is -1.00. The maximum absolute atomic E-state index is 12.2. The lowest BCUT2D eigenvalue weighted by molar-refractivity contribution is -0.124. The van der Waals surface area contributed by atoms with Crippen LogP contribution in [0.25, 0.3) is 0 Å². The fourth-order valence-corrected chi connectivity index (χ4v) is 2.14. The summed E-state index contributed by atoms with van der Waals surface area (Å²) >= 11 is 5.62. The third kappa shape index (κ3) is 3.41. The molecule has 8 heteroatoms. The molecule has 24 heavy (non-hydrogen) atoms. The van der Waals surface area contributed by atoms with E-state index in [9.17, 15) is 14.7 Å². The number of carbonyl (C=O) groups excluding carboxylic acids is 1. The van der Waals surface area contributed by atoms with Crippen LogP contribution in [0, 0.1) is 5.92 Å². The minimum absolute atomic E-state index is 0.0325. The SMILES string of the molecule is C=C(Cl)COc1cnc(C2=NC(C)(C(C)C)C(=O)N2)c(C(=O)O)c1. The Morgan fingerprint density at radius 3 is 2.71 bits per heavy atom. The van der Waals surface area contributed by atoms with Gasteiger partial charge < -0.3 is 15.2 Å². The summed E-state index contributed by atoms with van der Waals surface area (Å²) in [7, 11) is 0. The van der Waals surface area contributed by atoms with E-state index in [0.29, 0.717) is 0 Å². The van der Waals surface area contributed by atoms with Crippen molar-refractivity contribution in [2.75, 3.05) is 6.61 Å². The monoisotopic (exact) mass is 351 g/mol. The molecule has 1 aromatic rings. The molecule has 1 aliphatic heterocycles. The molecule has 1 atom stereocenters. The fraction of sp³-hybridized carbons (Fsp3) is 0.375. The average Bonchev–Trinajstić information content (AvgIpc) is 2.81. The predicted molar refractivity (Wildman–Crippen MR) is 89.6 cm³/mol. The van der Waals surface area contributed by atoms with Crippen molar-refractivity contribution in [3.8, 4) is 5.75 Å². The number of aromatic carboxylic acids is 1. The zero-order valence-corrected chi connectivity index (χ0v) is 14.3. The van der Waals surface area contributed by atoms with E-state index in [2.05, 4.69) is 21.9 Å². The van der Waals surface area contributed by atoms with Gasteiger partial charge in [0, 0.05) is 5.03 Å². The highest BCUT2D eigenvalue weighted by Crippen LogP contribution is 2.28. The van der Waals surface area contributed by atoms with Crippen LogP contribution in [0.3, 0.4) is 0 Å². The number of aromatic nitrogens is 1. The second-order valence-electron chi connectivity index (χ2n) is 5.90. The van der Waals surface area contributed by atoms with E-state index in [-0.39, 0.29) is 46.3 Å². The zero-order chi connectivity index (χ0) is 18.1. The highest BCUT2D eigenvalue weighted by Gasteiger charge is 2.43. The van der Waals surface area contributed by atoms with Crippen molar-refractivity contribution in [3.63, 3.8) is 0 Å². The summed E-state index contributed by atoms with van der Waals surface area (Å²) in [6.07, 6.45) is 1.35. The van der Waals surface area contributed by atoms with Crippen molar-refractivity contribution < 1.29 is 19.4 Å². The lowest BCUT2D eigenvalue weighted by Crippen LogP contribution is -2.41. The van der Waals surface area contributed by atoms with Gasteiger partial charge >= 0.3 is 5.97 Å². The molecule has 0 aromatic carbocycles. The summed E-state index contributed by atoms with van der Waals surface area (Å²) in [6, 6.07) is 1.31. The Bertz CT molecular complexity index is 745. The molecular formula is C16H18ClN3O4. The first kappa shape index (κ1) is 17.9. The van der Waals surface area contributed by atoms with Crippen LogP contribution in [0.4, 0.5) is 0 Å². The van der Waals surface area contributed by atoms with E-state index < -0.39 is 11.5 Å². The molecule has 7 nitrogen and oxygen atoms in total. The normalized spacial score (nSPS) is 19.9. The quantitative estimate of drug-likeness (QED) is 0.818. The van der Waals surface area contributed by atoms with Crippen molar-refractivity contribution in [2.45, 2.75) is 26.3 Å². The average molecular weight is 352 g/mol. The van der Waals surface area contributed by atoms with E-state index in [1.165, 1.54) is 12.3 Å². The molecule has 0 saturated heterocycles. The number of rotatable bonds is 6. The number of carboxylic acid groups (broad SMARTS) is 1. The molecule has 0 spiro atoms. The Morgan fingerprint density at radius 2 is 2.21 bits per heavy atom. The van der Waals surface area contributed by atoms with Crippen LogP contribution in [-0.4, -0.2) is 39.9 Å². The van der Waals surface area contributed by atoms with Gasteiger partial charge in [0.05, 0.1) is 11.8 Å². The number of hydrogen-bond donors (Lipinski definition) is 2. The minimum Gasteiger partial charge on any atom is -0.486 e. The Hall–Kier alpha value is -2.41. The topological polar surface area (TPSA) is 101 Å². The van der Waals surface area contributed by atoms with Crippen LogP contribution in [0.15, 0.2) is 28.9 Å². The van der Waals surface area contributed by atoms with Crippen LogP contribution in [0.1, 0.15) is 36.8 Å². The molecule has 2 N–H and O–H groups in total. The maximum Gasteiger partial charge on any atom is 0.338 e. The van der Waals surface area contributed by atoms with Crippen molar-refractivity contribution in [3.05, 3.63) is 35.1 Å². The maximum atomic E-state index is 12.2. The van der Waals surface area contributed by atoms with Crippen molar-refractivity contribution in [1.82, 2.24) is 10.3 Å². The van der Waals surface area contributed by atoms with Gasteiger partial charge in [0.25, 0.3) is 5.91 Å². The zero-order valence-electron chi connectivity index (χ0n) is 13.6. The van der Waals surface area contributed by atoms with E-state index >= 15 is 0 Å². The standard InChI is InChI=1S/C16H18ClN3O4/c1-8(2)16(4)15(23)19-13(20-16)12-11(14(21)22)5-10(6-18-12)24-7-9(3)17/h5-6,8H,3,7H2,1-2,4H3,(H,21,22)(H,19,20,23). The molecule has 1 unspecified atom stereocenters. The van der Waals surface area contributed by atoms with E-state index in [0.717, 1.165) is 0 Å². The van der Waals surface area contributed by atoms with Crippen LogP contribution in [0.5, 0.6) is 5.75 Å². The molecule has 0 saturated carbocycles. The first-order valence-electron chi connectivity index (χ1n) is 7.26. The van der Waals surface area contributed by atoms with Gasteiger partial charge in [-0.2, -0.15) is 0 Å². The first-order chi connectivity index (χ1) is 11.1. The molecule has 0 fully saturated rings. The van der Waals surface area contributed by atoms with Gasteiger partial charge in [0.15, 0.2) is 5.84 Å². The number of nitrogens with one attached hydrogen (secondary N) is 1. The molecule has 0 aliphatic carbocycles. The second-order valence-corrected chi connectivity index (χ2v) is 6.43. The summed E-state index contributed by atoms with van der Waals surface area (Å²) in [6.45, 7) is 8.95. The fourth-order valence-electron chi connectivity index (χ4n) is 2.09. The van der Waals surface area contributed by atoms with Crippen molar-refractivity contribution >= 4 is 29.3 Å². The van der Waals surface area contributed by atoms with Crippen LogP contribution < -0.4 is 10.1 Å². The van der Waals surface area contributed by atoms with Gasteiger partial charge in [-0.15, -0.1) is 0 Å². The molecule has 0 bridgehead atoms. The van der Waals surface area contributed by atoms with Gasteiger partial charge in [0.2, 0.25) is 0 Å². The third-order valence-corrected chi connectivity index (χ3v) is 3.98. The van der Waals surface area contributed by atoms with Gasteiger partial charge in [0.1, 0.15) is 23.6 Å². The molecule has 2 heterocycles. The molecule has 128 valence electrons. The number of amidine groups is 1. The van der Waals surface area contributed by atoms with E-state index in [1.807, 2.05) is 13.8 Å². The Kier molecular flexibility index (Phi) is 4.94. The molecule has 1 aromatic heterocycles. The van der Waals surface area contributed by atoms with E-state index in [4.69, 9.17) is 16.3 Å². The molecular weight excluding hydrogens is 334 g/mol. The number of aliphatic imine (C=N–C) groups is 1. The Balaban J connectivity index is 2.42.